The second-order valence-corrected chi connectivity index (χ2v) is 5.22. The predicted octanol–water partition coefficient (Wildman–Crippen LogP) is 2.54. The van der Waals surface area contributed by atoms with Crippen LogP contribution in [0.15, 0.2) is 18.2 Å². The van der Waals surface area contributed by atoms with Crippen molar-refractivity contribution in [3.8, 4) is 5.75 Å². The maximum absolute atomic E-state index is 11.3. The summed E-state index contributed by atoms with van der Waals surface area (Å²) in [6, 6.07) is 6.40. The lowest BCUT2D eigenvalue weighted by atomic mass is 10.0. The van der Waals surface area contributed by atoms with E-state index in [1.54, 1.807) is 0 Å². The van der Waals surface area contributed by atoms with Gasteiger partial charge in [0.15, 0.2) is 6.61 Å². The quantitative estimate of drug-likeness (QED) is 0.857. The number of fused-ring (bicyclic) bond motifs is 1. The van der Waals surface area contributed by atoms with Crippen molar-refractivity contribution in [3.63, 3.8) is 0 Å². The molecule has 0 fully saturated rings. The van der Waals surface area contributed by atoms with Crippen LogP contribution in [0.1, 0.15) is 32.8 Å². The minimum absolute atomic E-state index is 0.0921. The predicted molar refractivity (Wildman–Crippen MR) is 76.3 cm³/mol. The van der Waals surface area contributed by atoms with Crippen LogP contribution >= 0.6 is 0 Å². The molecule has 0 bridgehead atoms. The summed E-state index contributed by atoms with van der Waals surface area (Å²) in [4.78, 5) is 11.3. The molecule has 4 heteroatoms. The Morgan fingerprint density at radius 3 is 2.95 bits per heavy atom. The van der Waals surface area contributed by atoms with Crippen molar-refractivity contribution in [2.75, 3.05) is 11.9 Å². The van der Waals surface area contributed by atoms with Gasteiger partial charge in [0.05, 0.1) is 5.69 Å². The number of carbonyl (C=O) groups excluding carboxylic acids is 1. The molecule has 0 radical (unpaired) electrons. The van der Waals surface area contributed by atoms with Crippen LogP contribution in [0.3, 0.4) is 0 Å². The van der Waals surface area contributed by atoms with Gasteiger partial charge in [-0.15, -0.1) is 0 Å². The van der Waals surface area contributed by atoms with Crippen LogP contribution in [0.25, 0.3) is 0 Å². The van der Waals surface area contributed by atoms with Crippen LogP contribution in [0, 0.1) is 5.92 Å². The fraction of sp³-hybridized carbons (Fsp3) is 0.533. The molecule has 2 unspecified atom stereocenters. The molecule has 2 N–H and O–H groups in total. The van der Waals surface area contributed by atoms with Gasteiger partial charge in [-0.1, -0.05) is 26.3 Å². The molecule has 104 valence electrons. The normalized spacial score (nSPS) is 17.1. The third-order valence-corrected chi connectivity index (χ3v) is 3.80. The number of hydrogen-bond donors (Lipinski definition) is 2. The van der Waals surface area contributed by atoms with E-state index in [1.807, 2.05) is 18.2 Å². The summed E-state index contributed by atoms with van der Waals surface area (Å²) in [7, 11) is 0. The molecule has 1 aromatic carbocycles. The summed E-state index contributed by atoms with van der Waals surface area (Å²) in [5.74, 6) is 1.31. The molecule has 4 nitrogen and oxygen atoms in total. The molecule has 0 saturated heterocycles. The highest BCUT2D eigenvalue weighted by Crippen LogP contribution is 2.28. The third kappa shape index (κ3) is 3.47. The number of hydrogen-bond acceptors (Lipinski definition) is 3. The number of nitrogens with one attached hydrogen (secondary N) is 2. The van der Waals surface area contributed by atoms with Crippen LogP contribution in [-0.2, 0) is 11.3 Å². The van der Waals surface area contributed by atoms with Crippen molar-refractivity contribution < 1.29 is 9.53 Å². The second-order valence-electron chi connectivity index (χ2n) is 5.22. The first-order valence-corrected chi connectivity index (χ1v) is 6.89. The summed E-state index contributed by atoms with van der Waals surface area (Å²) in [6.45, 7) is 7.56. The zero-order valence-corrected chi connectivity index (χ0v) is 11.8. The van der Waals surface area contributed by atoms with Gasteiger partial charge in [0.2, 0.25) is 0 Å². The van der Waals surface area contributed by atoms with Crippen LogP contribution in [0.4, 0.5) is 5.69 Å². The van der Waals surface area contributed by atoms with Crippen molar-refractivity contribution in [1.29, 1.82) is 0 Å². The molecule has 0 aliphatic carbocycles. The first-order valence-electron chi connectivity index (χ1n) is 6.89. The molecule has 0 aromatic heterocycles. The van der Waals surface area contributed by atoms with Crippen molar-refractivity contribution in [3.05, 3.63) is 23.8 Å². The Morgan fingerprint density at radius 1 is 1.42 bits per heavy atom. The van der Waals surface area contributed by atoms with Gasteiger partial charge in [-0.25, -0.2) is 0 Å². The molecule has 1 heterocycles. The Bertz CT molecular complexity index is 459. The SMILES string of the molecule is CCC(C)C(C)NCc1ccc2c(c1)NC(=O)CO2. The zero-order chi connectivity index (χ0) is 13.8. The first kappa shape index (κ1) is 13.9. The van der Waals surface area contributed by atoms with Gasteiger partial charge in [-0.2, -0.15) is 0 Å². The lowest BCUT2D eigenvalue weighted by Crippen LogP contribution is -2.31. The van der Waals surface area contributed by atoms with Gasteiger partial charge in [-0.05, 0) is 30.5 Å². The molecular weight excluding hydrogens is 240 g/mol. The Kier molecular flexibility index (Phi) is 4.43. The van der Waals surface area contributed by atoms with E-state index in [1.165, 1.54) is 6.42 Å². The molecule has 1 aliphatic rings. The van der Waals surface area contributed by atoms with Crippen molar-refractivity contribution in [2.45, 2.75) is 39.8 Å². The zero-order valence-electron chi connectivity index (χ0n) is 11.8. The topological polar surface area (TPSA) is 50.4 Å². The van der Waals surface area contributed by atoms with Gasteiger partial charge in [0.25, 0.3) is 5.91 Å². The minimum atomic E-state index is -0.0921. The van der Waals surface area contributed by atoms with E-state index in [0.29, 0.717) is 12.0 Å². The molecular formula is C15H22N2O2. The molecule has 1 amide bonds. The number of anilines is 1. The van der Waals surface area contributed by atoms with E-state index < -0.39 is 0 Å². The van der Waals surface area contributed by atoms with Crippen LogP contribution in [-0.4, -0.2) is 18.6 Å². The highest BCUT2D eigenvalue weighted by atomic mass is 16.5. The third-order valence-electron chi connectivity index (χ3n) is 3.80. The van der Waals surface area contributed by atoms with Gasteiger partial charge < -0.3 is 15.4 Å². The van der Waals surface area contributed by atoms with Crippen LogP contribution < -0.4 is 15.4 Å². The number of carbonyl (C=O) groups is 1. The molecule has 2 atom stereocenters. The average molecular weight is 262 g/mol. The maximum Gasteiger partial charge on any atom is 0.262 e. The van der Waals surface area contributed by atoms with E-state index in [0.717, 1.165) is 23.5 Å². The maximum atomic E-state index is 11.3. The fourth-order valence-corrected chi connectivity index (χ4v) is 2.07. The van der Waals surface area contributed by atoms with E-state index in [9.17, 15) is 4.79 Å². The largest absolute Gasteiger partial charge is 0.482 e. The monoisotopic (exact) mass is 262 g/mol. The van der Waals surface area contributed by atoms with Crippen molar-refractivity contribution >= 4 is 11.6 Å². The summed E-state index contributed by atoms with van der Waals surface area (Å²) >= 11 is 0. The number of rotatable bonds is 5. The summed E-state index contributed by atoms with van der Waals surface area (Å²) in [5, 5.41) is 6.34. The van der Waals surface area contributed by atoms with E-state index in [2.05, 4.69) is 31.4 Å². The van der Waals surface area contributed by atoms with Crippen LogP contribution in [0.5, 0.6) is 5.75 Å². The molecule has 0 saturated carbocycles. The Balaban J connectivity index is 1.98. The molecule has 2 rings (SSSR count). The van der Waals surface area contributed by atoms with Crippen LogP contribution in [0.2, 0.25) is 0 Å². The Morgan fingerprint density at radius 2 is 2.21 bits per heavy atom. The Hall–Kier alpha value is -1.55. The number of amides is 1. The standard InChI is InChI=1S/C15H22N2O2/c1-4-10(2)11(3)16-8-12-5-6-14-13(7-12)17-15(18)9-19-14/h5-7,10-11,16H,4,8-9H2,1-3H3,(H,17,18). The second kappa shape index (κ2) is 6.06. The summed E-state index contributed by atoms with van der Waals surface area (Å²) in [6.07, 6.45) is 1.17. The van der Waals surface area contributed by atoms with E-state index in [4.69, 9.17) is 4.74 Å². The molecule has 1 aromatic rings. The lowest BCUT2D eigenvalue weighted by Gasteiger charge is -2.21. The number of benzene rings is 1. The smallest absolute Gasteiger partial charge is 0.262 e. The van der Waals surface area contributed by atoms with E-state index >= 15 is 0 Å². The van der Waals surface area contributed by atoms with Crippen molar-refractivity contribution in [1.82, 2.24) is 5.32 Å². The minimum Gasteiger partial charge on any atom is -0.482 e. The highest BCUT2D eigenvalue weighted by molar-refractivity contribution is 5.95. The first-order chi connectivity index (χ1) is 9.10. The van der Waals surface area contributed by atoms with Gasteiger partial charge >= 0.3 is 0 Å². The average Bonchev–Trinajstić information content (AvgIpc) is 2.43. The van der Waals surface area contributed by atoms with E-state index in [-0.39, 0.29) is 12.5 Å². The lowest BCUT2D eigenvalue weighted by molar-refractivity contribution is -0.118. The van der Waals surface area contributed by atoms with Gasteiger partial charge in [-0.3, -0.25) is 4.79 Å². The van der Waals surface area contributed by atoms with Crippen molar-refractivity contribution in [2.24, 2.45) is 5.92 Å². The Labute approximate surface area is 114 Å². The van der Waals surface area contributed by atoms with Gasteiger partial charge in [0.1, 0.15) is 5.75 Å². The fourth-order valence-electron chi connectivity index (χ4n) is 2.07. The molecule has 1 aliphatic heterocycles. The molecule has 0 spiro atoms. The summed E-state index contributed by atoms with van der Waals surface area (Å²) < 4.78 is 5.34. The summed E-state index contributed by atoms with van der Waals surface area (Å²) in [5.41, 5.74) is 1.92. The van der Waals surface area contributed by atoms with Gasteiger partial charge in [0, 0.05) is 12.6 Å². The number of ether oxygens (including phenoxy) is 1. The highest BCUT2D eigenvalue weighted by Gasteiger charge is 2.16. The molecule has 19 heavy (non-hydrogen) atoms.